The molecule has 5 heteroatoms. The molecular weight excluding hydrogens is 342 g/mol. The third kappa shape index (κ3) is 2.82. The van der Waals surface area contributed by atoms with Gasteiger partial charge < -0.3 is 9.72 Å². The number of aromatic nitrogens is 2. The third-order valence-corrected chi connectivity index (χ3v) is 5.89. The van der Waals surface area contributed by atoms with Gasteiger partial charge in [0.05, 0.1) is 13.2 Å². The zero-order valence-electron chi connectivity index (χ0n) is 12.7. The van der Waals surface area contributed by atoms with Crippen molar-refractivity contribution in [2.24, 2.45) is 0 Å². The summed E-state index contributed by atoms with van der Waals surface area (Å²) in [6.45, 7) is 4.03. The quantitative estimate of drug-likeness (QED) is 0.884. The van der Waals surface area contributed by atoms with E-state index in [1.165, 1.54) is 36.6 Å². The average Bonchev–Trinajstić information content (AvgIpc) is 2.96. The van der Waals surface area contributed by atoms with Crippen molar-refractivity contribution in [2.75, 3.05) is 26.3 Å². The van der Waals surface area contributed by atoms with Crippen LogP contribution in [-0.2, 0) is 4.74 Å². The number of hydrogen-bond donors (Lipinski definition) is 1. The van der Waals surface area contributed by atoms with E-state index >= 15 is 0 Å². The van der Waals surface area contributed by atoms with Gasteiger partial charge in [-0.15, -0.1) is 0 Å². The summed E-state index contributed by atoms with van der Waals surface area (Å²) in [7, 11) is 0. The van der Waals surface area contributed by atoms with Crippen molar-refractivity contribution in [3.8, 4) is 0 Å². The number of halogens is 1. The van der Waals surface area contributed by atoms with E-state index in [9.17, 15) is 0 Å². The van der Waals surface area contributed by atoms with Gasteiger partial charge in [-0.25, -0.2) is 4.98 Å². The molecule has 1 aliphatic carbocycles. The van der Waals surface area contributed by atoms with E-state index in [1.807, 2.05) is 6.20 Å². The summed E-state index contributed by atoms with van der Waals surface area (Å²) in [6, 6.07) is 3.07. The predicted octanol–water partition coefficient (Wildman–Crippen LogP) is 3.68. The number of hydrogen-bond acceptors (Lipinski definition) is 3. The lowest BCUT2D eigenvalue weighted by Gasteiger charge is -2.38. The molecule has 3 heterocycles. The molecule has 0 radical (unpaired) electrons. The van der Waals surface area contributed by atoms with Crippen molar-refractivity contribution in [3.63, 3.8) is 0 Å². The van der Waals surface area contributed by atoms with Gasteiger partial charge in [0, 0.05) is 41.4 Å². The maximum atomic E-state index is 5.47. The number of ether oxygens (including phenoxy) is 1. The Hall–Kier alpha value is -0.910. The Morgan fingerprint density at radius 1 is 1.18 bits per heavy atom. The van der Waals surface area contributed by atoms with E-state index in [-0.39, 0.29) is 0 Å². The van der Waals surface area contributed by atoms with Crippen molar-refractivity contribution in [2.45, 2.75) is 37.6 Å². The standard InChI is InChI=1S/C17H22BrN3O/c18-16-11-20-17-15(16)9-13(10-19-17)12-1-3-14(4-2-12)21-5-7-22-8-6-21/h9-12,14H,1-8H2,(H,19,20). The fourth-order valence-corrected chi connectivity index (χ4v) is 4.34. The fourth-order valence-electron chi connectivity index (χ4n) is 3.93. The molecule has 0 bridgehead atoms. The van der Waals surface area contributed by atoms with Crippen molar-refractivity contribution >= 4 is 27.0 Å². The van der Waals surface area contributed by atoms with Gasteiger partial charge in [0.1, 0.15) is 5.65 Å². The smallest absolute Gasteiger partial charge is 0.138 e. The number of H-pyrrole nitrogens is 1. The van der Waals surface area contributed by atoms with Gasteiger partial charge in [-0.2, -0.15) is 0 Å². The molecule has 1 aliphatic heterocycles. The highest BCUT2D eigenvalue weighted by Crippen LogP contribution is 2.36. The first-order valence-corrected chi connectivity index (χ1v) is 9.05. The highest BCUT2D eigenvalue weighted by molar-refractivity contribution is 9.10. The summed E-state index contributed by atoms with van der Waals surface area (Å²) >= 11 is 3.60. The Bertz CT molecular complexity index is 642. The van der Waals surface area contributed by atoms with Crippen LogP contribution in [0.5, 0.6) is 0 Å². The van der Waals surface area contributed by atoms with Crippen LogP contribution in [0.25, 0.3) is 11.0 Å². The minimum absolute atomic E-state index is 0.663. The SMILES string of the molecule is Brc1c[nH]c2ncc(C3CCC(N4CCOCC4)CC3)cc12. The number of nitrogens with zero attached hydrogens (tertiary/aromatic N) is 2. The monoisotopic (exact) mass is 363 g/mol. The summed E-state index contributed by atoms with van der Waals surface area (Å²) in [5.41, 5.74) is 2.37. The van der Waals surface area contributed by atoms with Crippen molar-refractivity contribution in [1.82, 2.24) is 14.9 Å². The normalized spacial score (nSPS) is 27.3. The Balaban J connectivity index is 1.44. The van der Waals surface area contributed by atoms with Gasteiger partial charge in [-0.1, -0.05) is 0 Å². The average molecular weight is 364 g/mol. The van der Waals surface area contributed by atoms with Crippen LogP contribution in [0.3, 0.4) is 0 Å². The molecule has 1 saturated heterocycles. The molecule has 4 rings (SSSR count). The van der Waals surface area contributed by atoms with Gasteiger partial charge in [0.25, 0.3) is 0 Å². The molecule has 2 aliphatic rings. The van der Waals surface area contributed by atoms with Crippen molar-refractivity contribution in [1.29, 1.82) is 0 Å². The van der Waals surface area contributed by atoms with Crippen LogP contribution < -0.4 is 0 Å². The largest absolute Gasteiger partial charge is 0.379 e. The number of pyridine rings is 1. The molecule has 0 amide bonds. The molecule has 1 N–H and O–H groups in total. The van der Waals surface area contributed by atoms with Gasteiger partial charge in [-0.05, 0) is 59.2 Å². The van der Waals surface area contributed by atoms with E-state index in [4.69, 9.17) is 4.74 Å². The maximum Gasteiger partial charge on any atom is 0.138 e. The lowest BCUT2D eigenvalue weighted by molar-refractivity contribution is 0.00729. The lowest BCUT2D eigenvalue weighted by atomic mass is 9.81. The van der Waals surface area contributed by atoms with Gasteiger partial charge in [-0.3, -0.25) is 4.90 Å². The number of rotatable bonds is 2. The number of nitrogens with one attached hydrogen (secondary N) is 1. The highest BCUT2D eigenvalue weighted by Gasteiger charge is 2.27. The first-order chi connectivity index (χ1) is 10.8. The van der Waals surface area contributed by atoms with Gasteiger partial charge in [0.2, 0.25) is 0 Å². The highest BCUT2D eigenvalue weighted by atomic mass is 79.9. The minimum Gasteiger partial charge on any atom is -0.379 e. The number of morpholine rings is 1. The summed E-state index contributed by atoms with van der Waals surface area (Å²) < 4.78 is 6.58. The molecule has 118 valence electrons. The zero-order valence-corrected chi connectivity index (χ0v) is 14.3. The molecule has 0 unspecified atom stereocenters. The first kappa shape index (κ1) is 14.7. The molecule has 0 atom stereocenters. The molecule has 4 nitrogen and oxygen atoms in total. The van der Waals surface area contributed by atoms with Crippen molar-refractivity contribution in [3.05, 3.63) is 28.5 Å². The Kier molecular flexibility index (Phi) is 4.20. The predicted molar refractivity (Wildman–Crippen MR) is 91.2 cm³/mol. The van der Waals surface area contributed by atoms with Crippen LogP contribution in [-0.4, -0.2) is 47.2 Å². The van der Waals surface area contributed by atoms with Crippen LogP contribution in [0.15, 0.2) is 22.9 Å². The molecule has 0 aromatic carbocycles. The van der Waals surface area contributed by atoms with Gasteiger partial charge in [0.15, 0.2) is 0 Å². The molecule has 22 heavy (non-hydrogen) atoms. The van der Waals surface area contributed by atoms with Crippen LogP contribution in [0, 0.1) is 0 Å². The molecule has 1 saturated carbocycles. The van der Waals surface area contributed by atoms with Crippen LogP contribution in [0.2, 0.25) is 0 Å². The second-order valence-corrected chi connectivity index (χ2v) is 7.31. The third-order valence-electron chi connectivity index (χ3n) is 5.23. The van der Waals surface area contributed by atoms with Crippen LogP contribution >= 0.6 is 15.9 Å². The van der Waals surface area contributed by atoms with E-state index in [1.54, 1.807) is 0 Å². The maximum absolute atomic E-state index is 5.47. The Morgan fingerprint density at radius 2 is 1.95 bits per heavy atom. The zero-order chi connectivity index (χ0) is 14.9. The number of fused-ring (bicyclic) bond motifs is 1. The molecular formula is C17H22BrN3O. The van der Waals surface area contributed by atoms with E-state index in [0.717, 1.165) is 42.5 Å². The van der Waals surface area contributed by atoms with Crippen LogP contribution in [0.1, 0.15) is 37.2 Å². The van der Waals surface area contributed by atoms with Gasteiger partial charge >= 0.3 is 0 Å². The Labute approximate surface area is 139 Å². The molecule has 2 aromatic rings. The van der Waals surface area contributed by atoms with E-state index in [2.05, 4.69) is 43.1 Å². The molecule has 2 aromatic heterocycles. The number of aromatic amines is 1. The lowest BCUT2D eigenvalue weighted by Crippen LogP contribution is -2.44. The molecule has 2 fully saturated rings. The summed E-state index contributed by atoms with van der Waals surface area (Å²) in [6.07, 6.45) is 9.18. The first-order valence-electron chi connectivity index (χ1n) is 8.25. The summed E-state index contributed by atoms with van der Waals surface area (Å²) in [4.78, 5) is 10.4. The molecule has 0 spiro atoms. The second-order valence-electron chi connectivity index (χ2n) is 6.46. The Morgan fingerprint density at radius 3 is 2.73 bits per heavy atom. The van der Waals surface area contributed by atoms with E-state index in [0.29, 0.717) is 5.92 Å². The summed E-state index contributed by atoms with van der Waals surface area (Å²) in [5.74, 6) is 0.663. The minimum atomic E-state index is 0.663. The van der Waals surface area contributed by atoms with Crippen molar-refractivity contribution < 1.29 is 4.74 Å². The topological polar surface area (TPSA) is 41.2 Å². The second kappa shape index (κ2) is 6.30. The fraction of sp³-hybridized carbons (Fsp3) is 0.588. The van der Waals surface area contributed by atoms with E-state index < -0.39 is 0 Å². The summed E-state index contributed by atoms with van der Waals surface area (Å²) in [5, 5.41) is 1.20. The van der Waals surface area contributed by atoms with Crippen LogP contribution in [0.4, 0.5) is 0 Å².